The van der Waals surface area contributed by atoms with Crippen LogP contribution in [0.25, 0.3) is 0 Å². The van der Waals surface area contributed by atoms with Crippen molar-refractivity contribution in [1.82, 2.24) is 14.9 Å². The normalized spacial score (nSPS) is 20.9. The molecule has 3 N–H and O–H groups in total. The second kappa shape index (κ2) is 7.66. The topological polar surface area (TPSA) is 94.0 Å². The van der Waals surface area contributed by atoms with E-state index >= 15 is 0 Å². The third kappa shape index (κ3) is 6.74. The standard InChI is InChI=1S/C11H24N4O3S/c1-3-12-11(15-8-5-10(16)9-15)13-6-4-7-14-19(2,17)18/h10,14,16H,3-9H2,1-2H3,(H,12,13)/t10-/m1/s1. The second-order valence-electron chi connectivity index (χ2n) is 4.64. The van der Waals surface area contributed by atoms with Gasteiger partial charge in [0.2, 0.25) is 10.0 Å². The molecule has 0 unspecified atom stereocenters. The number of sulfonamides is 1. The molecule has 0 aromatic rings. The van der Waals surface area contributed by atoms with Gasteiger partial charge in [0.15, 0.2) is 5.96 Å². The van der Waals surface area contributed by atoms with Crippen molar-refractivity contribution in [3.63, 3.8) is 0 Å². The molecule has 112 valence electrons. The van der Waals surface area contributed by atoms with Gasteiger partial charge in [-0.15, -0.1) is 0 Å². The Labute approximate surface area is 115 Å². The van der Waals surface area contributed by atoms with Crippen molar-refractivity contribution in [3.8, 4) is 0 Å². The fraction of sp³-hybridized carbons (Fsp3) is 0.909. The summed E-state index contributed by atoms with van der Waals surface area (Å²) in [5, 5.41) is 12.7. The van der Waals surface area contributed by atoms with Crippen molar-refractivity contribution in [2.24, 2.45) is 4.99 Å². The van der Waals surface area contributed by atoms with Crippen molar-refractivity contribution in [2.45, 2.75) is 25.9 Å². The van der Waals surface area contributed by atoms with Crippen LogP contribution in [-0.2, 0) is 10.0 Å². The van der Waals surface area contributed by atoms with Crippen LogP contribution in [0.2, 0.25) is 0 Å². The van der Waals surface area contributed by atoms with Crippen LogP contribution in [0.4, 0.5) is 0 Å². The highest BCUT2D eigenvalue weighted by molar-refractivity contribution is 7.88. The molecule has 1 heterocycles. The molecule has 0 aromatic heterocycles. The molecule has 8 heteroatoms. The van der Waals surface area contributed by atoms with Crippen LogP contribution >= 0.6 is 0 Å². The summed E-state index contributed by atoms with van der Waals surface area (Å²) in [5.74, 6) is 0.790. The van der Waals surface area contributed by atoms with Crippen molar-refractivity contribution in [3.05, 3.63) is 0 Å². The van der Waals surface area contributed by atoms with Crippen LogP contribution in [0.1, 0.15) is 19.8 Å². The summed E-state index contributed by atoms with van der Waals surface area (Å²) < 4.78 is 24.2. The molecule has 1 fully saturated rings. The molecule has 1 aliphatic heterocycles. The average molecular weight is 292 g/mol. The molecule has 0 aromatic carbocycles. The van der Waals surface area contributed by atoms with Crippen molar-refractivity contribution < 1.29 is 13.5 Å². The van der Waals surface area contributed by atoms with Crippen LogP contribution in [0.15, 0.2) is 4.99 Å². The minimum absolute atomic E-state index is 0.282. The zero-order chi connectivity index (χ0) is 14.3. The number of aliphatic imine (C=N–C) groups is 1. The maximum absolute atomic E-state index is 10.9. The summed E-state index contributed by atoms with van der Waals surface area (Å²) in [6.45, 7) is 5.12. The number of hydrogen-bond acceptors (Lipinski definition) is 4. The lowest BCUT2D eigenvalue weighted by Gasteiger charge is -2.20. The minimum atomic E-state index is -3.12. The summed E-state index contributed by atoms with van der Waals surface area (Å²) in [5.41, 5.74) is 0. The quantitative estimate of drug-likeness (QED) is 0.330. The van der Waals surface area contributed by atoms with Gasteiger partial charge in [-0.25, -0.2) is 13.1 Å². The molecule has 7 nitrogen and oxygen atoms in total. The molecule has 1 saturated heterocycles. The van der Waals surface area contributed by atoms with Gasteiger partial charge in [-0.2, -0.15) is 0 Å². The number of likely N-dealkylation sites (tertiary alicyclic amines) is 1. The Morgan fingerprint density at radius 1 is 1.53 bits per heavy atom. The van der Waals surface area contributed by atoms with Crippen molar-refractivity contribution in [2.75, 3.05) is 39.0 Å². The average Bonchev–Trinajstić information content (AvgIpc) is 2.72. The first kappa shape index (κ1) is 16.2. The molecular weight excluding hydrogens is 268 g/mol. The first-order chi connectivity index (χ1) is 8.92. The van der Waals surface area contributed by atoms with E-state index in [1.165, 1.54) is 0 Å². The Morgan fingerprint density at radius 3 is 2.79 bits per heavy atom. The molecule has 0 amide bonds. The molecule has 1 aliphatic rings. The van der Waals surface area contributed by atoms with Crippen LogP contribution in [0.5, 0.6) is 0 Å². The second-order valence-corrected chi connectivity index (χ2v) is 6.48. The van der Waals surface area contributed by atoms with Crippen LogP contribution in [0.3, 0.4) is 0 Å². The third-order valence-corrected chi connectivity index (χ3v) is 3.49. The monoisotopic (exact) mass is 292 g/mol. The summed E-state index contributed by atoms with van der Waals surface area (Å²) in [6.07, 6.45) is 2.28. The number of nitrogens with zero attached hydrogens (tertiary/aromatic N) is 2. The number of guanidine groups is 1. The lowest BCUT2D eigenvalue weighted by atomic mass is 10.3. The maximum Gasteiger partial charge on any atom is 0.208 e. The van der Waals surface area contributed by atoms with Gasteiger partial charge in [0.05, 0.1) is 12.4 Å². The molecule has 1 atom stereocenters. The molecule has 0 radical (unpaired) electrons. The number of rotatable bonds is 6. The molecular formula is C11H24N4O3S. The Morgan fingerprint density at radius 2 is 2.26 bits per heavy atom. The highest BCUT2D eigenvalue weighted by Gasteiger charge is 2.22. The molecule has 19 heavy (non-hydrogen) atoms. The van der Waals surface area contributed by atoms with E-state index in [4.69, 9.17) is 0 Å². The van der Waals surface area contributed by atoms with E-state index in [1.54, 1.807) is 0 Å². The fourth-order valence-electron chi connectivity index (χ4n) is 1.88. The van der Waals surface area contributed by atoms with Gasteiger partial charge < -0.3 is 15.3 Å². The first-order valence-electron chi connectivity index (χ1n) is 6.58. The summed E-state index contributed by atoms with van der Waals surface area (Å²) in [7, 11) is -3.12. The first-order valence-corrected chi connectivity index (χ1v) is 8.47. The summed E-state index contributed by atoms with van der Waals surface area (Å²) in [4.78, 5) is 6.46. The Balaban J connectivity index is 2.37. The van der Waals surface area contributed by atoms with Gasteiger partial charge in [-0.05, 0) is 19.8 Å². The van der Waals surface area contributed by atoms with Gasteiger partial charge in [-0.3, -0.25) is 4.99 Å². The summed E-state index contributed by atoms with van der Waals surface area (Å²) >= 11 is 0. The largest absolute Gasteiger partial charge is 0.391 e. The lowest BCUT2D eigenvalue weighted by Crippen LogP contribution is -2.40. The molecule has 0 saturated carbocycles. The molecule has 0 bridgehead atoms. The summed E-state index contributed by atoms with van der Waals surface area (Å²) in [6, 6.07) is 0. The SMILES string of the molecule is CCNC(=NCCCNS(C)(=O)=O)N1CC[C@@H](O)C1. The van der Waals surface area contributed by atoms with Gasteiger partial charge in [0.1, 0.15) is 0 Å². The highest BCUT2D eigenvalue weighted by atomic mass is 32.2. The van der Waals surface area contributed by atoms with Crippen LogP contribution < -0.4 is 10.0 Å². The number of β-amino-alcohol motifs (C(OH)–C–C–N with tert-alkyl or cyclic N) is 1. The number of aliphatic hydroxyl groups is 1. The lowest BCUT2D eigenvalue weighted by molar-refractivity contribution is 0.188. The van der Waals surface area contributed by atoms with Crippen molar-refractivity contribution >= 4 is 16.0 Å². The number of aliphatic hydroxyl groups excluding tert-OH is 1. The van der Waals surface area contributed by atoms with E-state index in [1.807, 2.05) is 11.8 Å². The Hall–Kier alpha value is -0.860. The molecule has 0 spiro atoms. The molecule has 0 aliphatic carbocycles. The maximum atomic E-state index is 10.9. The minimum Gasteiger partial charge on any atom is -0.391 e. The van der Waals surface area contributed by atoms with E-state index in [9.17, 15) is 13.5 Å². The van der Waals surface area contributed by atoms with E-state index < -0.39 is 10.0 Å². The van der Waals surface area contributed by atoms with E-state index in [0.717, 1.165) is 31.7 Å². The zero-order valence-corrected chi connectivity index (χ0v) is 12.4. The van der Waals surface area contributed by atoms with E-state index in [0.29, 0.717) is 26.1 Å². The predicted octanol–water partition coefficient (Wildman–Crippen LogP) is -1.04. The highest BCUT2D eigenvalue weighted by Crippen LogP contribution is 2.08. The van der Waals surface area contributed by atoms with E-state index in [-0.39, 0.29) is 6.10 Å². The zero-order valence-electron chi connectivity index (χ0n) is 11.6. The van der Waals surface area contributed by atoms with E-state index in [2.05, 4.69) is 15.0 Å². The van der Waals surface area contributed by atoms with Crippen LogP contribution in [-0.4, -0.2) is 69.5 Å². The third-order valence-electron chi connectivity index (χ3n) is 2.76. The van der Waals surface area contributed by atoms with Gasteiger partial charge in [-0.1, -0.05) is 0 Å². The smallest absolute Gasteiger partial charge is 0.208 e. The fourth-order valence-corrected chi connectivity index (χ4v) is 2.40. The Kier molecular flexibility index (Phi) is 6.53. The van der Waals surface area contributed by atoms with Gasteiger partial charge in [0.25, 0.3) is 0 Å². The number of nitrogens with one attached hydrogen (secondary N) is 2. The predicted molar refractivity (Wildman–Crippen MR) is 75.6 cm³/mol. The van der Waals surface area contributed by atoms with Crippen molar-refractivity contribution in [1.29, 1.82) is 0 Å². The van der Waals surface area contributed by atoms with Gasteiger partial charge in [0, 0.05) is 32.7 Å². The Bertz CT molecular complexity index is 397. The molecule has 1 rings (SSSR count). The van der Waals surface area contributed by atoms with Crippen LogP contribution in [0, 0.1) is 0 Å². The van der Waals surface area contributed by atoms with Gasteiger partial charge >= 0.3 is 0 Å². The number of hydrogen-bond donors (Lipinski definition) is 3.